The summed E-state index contributed by atoms with van der Waals surface area (Å²) in [6.07, 6.45) is 0. The topological polar surface area (TPSA) is 32.6 Å². The summed E-state index contributed by atoms with van der Waals surface area (Å²) < 4.78 is 0. The van der Waals surface area contributed by atoms with Crippen LogP contribution in [0.5, 0.6) is 0 Å². The Morgan fingerprint density at radius 3 is 1.65 bits per heavy atom. The van der Waals surface area contributed by atoms with Crippen LogP contribution in [-0.4, -0.2) is 10.9 Å². The third-order valence-electron chi connectivity index (χ3n) is 3.25. The summed E-state index contributed by atoms with van der Waals surface area (Å²) in [5.41, 5.74) is 7.38. The third kappa shape index (κ3) is 1.37. The third-order valence-corrected chi connectivity index (χ3v) is 3.25. The first-order valence-corrected chi connectivity index (χ1v) is 5.65. The fourth-order valence-electron chi connectivity index (χ4n) is 2.43. The van der Waals surface area contributed by atoms with Gasteiger partial charge in [-0.1, -0.05) is 40.5 Å². The van der Waals surface area contributed by atoms with E-state index in [1.807, 2.05) is 13.8 Å². The van der Waals surface area contributed by atoms with E-state index in [1.165, 1.54) is 11.1 Å². The highest BCUT2D eigenvalue weighted by Gasteiger charge is 2.25. The van der Waals surface area contributed by atoms with E-state index in [2.05, 4.69) is 41.6 Å². The van der Waals surface area contributed by atoms with Gasteiger partial charge in [0.25, 0.3) is 0 Å². The number of hydrogen-bond donors (Lipinski definition) is 1. The van der Waals surface area contributed by atoms with Crippen LogP contribution in [0, 0.1) is 13.8 Å². The maximum atomic E-state index is 9.23. The van der Waals surface area contributed by atoms with Gasteiger partial charge in [0.1, 0.15) is 5.71 Å². The molecule has 84 valence electrons. The Bertz CT molecular complexity index is 588. The van der Waals surface area contributed by atoms with Crippen molar-refractivity contribution in [3.63, 3.8) is 0 Å². The van der Waals surface area contributed by atoms with Gasteiger partial charge in [0.2, 0.25) is 0 Å². The molecule has 0 fully saturated rings. The van der Waals surface area contributed by atoms with Crippen molar-refractivity contribution < 1.29 is 5.21 Å². The van der Waals surface area contributed by atoms with Gasteiger partial charge in [-0.25, -0.2) is 0 Å². The molecule has 0 amide bonds. The molecule has 0 saturated heterocycles. The van der Waals surface area contributed by atoms with E-state index in [0.29, 0.717) is 5.71 Å². The monoisotopic (exact) mass is 223 g/mol. The van der Waals surface area contributed by atoms with E-state index >= 15 is 0 Å². The van der Waals surface area contributed by atoms with Crippen molar-refractivity contribution >= 4 is 5.71 Å². The van der Waals surface area contributed by atoms with Gasteiger partial charge in [0.15, 0.2) is 0 Å². The molecule has 3 rings (SSSR count). The van der Waals surface area contributed by atoms with E-state index in [0.717, 1.165) is 22.3 Å². The zero-order chi connectivity index (χ0) is 12.0. The van der Waals surface area contributed by atoms with Gasteiger partial charge in [-0.05, 0) is 37.1 Å². The molecule has 0 atom stereocenters. The van der Waals surface area contributed by atoms with Crippen LogP contribution in [0.15, 0.2) is 41.6 Å². The Kier molecular flexibility index (Phi) is 2.05. The highest BCUT2D eigenvalue weighted by Crippen LogP contribution is 2.37. The maximum absolute atomic E-state index is 9.23. The smallest absolute Gasteiger partial charge is 0.118 e. The number of oxime groups is 1. The molecule has 2 aromatic rings. The molecule has 2 nitrogen and oxygen atoms in total. The lowest BCUT2D eigenvalue weighted by Crippen LogP contribution is -1.98. The van der Waals surface area contributed by atoms with Crippen LogP contribution in [0.25, 0.3) is 11.1 Å². The first-order chi connectivity index (χ1) is 8.20. The first-order valence-electron chi connectivity index (χ1n) is 5.65. The fraction of sp³-hybridized carbons (Fsp3) is 0.133. The molecule has 0 aromatic heterocycles. The van der Waals surface area contributed by atoms with Crippen molar-refractivity contribution in [3.8, 4) is 11.1 Å². The minimum Gasteiger partial charge on any atom is -0.410 e. The average Bonchev–Trinajstić information content (AvgIpc) is 2.60. The summed E-state index contributed by atoms with van der Waals surface area (Å²) >= 11 is 0. The Morgan fingerprint density at radius 1 is 0.765 bits per heavy atom. The largest absolute Gasteiger partial charge is 0.410 e. The molecule has 0 aliphatic heterocycles. The van der Waals surface area contributed by atoms with E-state index in [4.69, 9.17) is 0 Å². The maximum Gasteiger partial charge on any atom is 0.118 e. The number of aryl methyl sites for hydroxylation is 2. The summed E-state index contributed by atoms with van der Waals surface area (Å²) in [5, 5.41) is 12.7. The predicted octanol–water partition coefficient (Wildman–Crippen LogP) is 3.51. The Labute approximate surface area is 100 Å². The van der Waals surface area contributed by atoms with Gasteiger partial charge in [-0.15, -0.1) is 0 Å². The van der Waals surface area contributed by atoms with E-state index in [1.54, 1.807) is 0 Å². The average molecular weight is 223 g/mol. The van der Waals surface area contributed by atoms with Crippen LogP contribution in [0.4, 0.5) is 0 Å². The molecule has 2 aromatic carbocycles. The van der Waals surface area contributed by atoms with Crippen molar-refractivity contribution in [2.75, 3.05) is 0 Å². The van der Waals surface area contributed by atoms with E-state index in [-0.39, 0.29) is 0 Å². The fourth-order valence-corrected chi connectivity index (χ4v) is 2.43. The van der Waals surface area contributed by atoms with Gasteiger partial charge in [-0.3, -0.25) is 0 Å². The Morgan fingerprint density at radius 2 is 1.24 bits per heavy atom. The summed E-state index contributed by atoms with van der Waals surface area (Å²) in [7, 11) is 0. The second-order valence-corrected chi connectivity index (χ2v) is 4.55. The first kappa shape index (κ1) is 10.1. The highest BCUT2D eigenvalue weighted by molar-refractivity contribution is 6.24. The second kappa shape index (κ2) is 3.45. The zero-order valence-corrected chi connectivity index (χ0v) is 9.86. The van der Waals surface area contributed by atoms with Crippen LogP contribution in [0.2, 0.25) is 0 Å². The number of benzene rings is 2. The summed E-state index contributed by atoms with van der Waals surface area (Å²) in [5.74, 6) is 0. The SMILES string of the molecule is Cc1ccc2c(c1)C(=NO)c1cc(C)ccc1-2. The number of fused-ring (bicyclic) bond motifs is 3. The normalized spacial score (nSPS) is 12.2. The summed E-state index contributed by atoms with van der Waals surface area (Å²) in [4.78, 5) is 0. The molecular weight excluding hydrogens is 210 g/mol. The molecule has 0 unspecified atom stereocenters. The van der Waals surface area contributed by atoms with Crippen molar-refractivity contribution in [1.82, 2.24) is 0 Å². The Balaban J connectivity index is 2.37. The van der Waals surface area contributed by atoms with E-state index in [9.17, 15) is 5.21 Å². The van der Waals surface area contributed by atoms with Crippen LogP contribution >= 0.6 is 0 Å². The van der Waals surface area contributed by atoms with Crippen molar-refractivity contribution in [2.24, 2.45) is 5.16 Å². The summed E-state index contributed by atoms with van der Waals surface area (Å²) in [6, 6.07) is 12.5. The molecule has 0 bridgehead atoms. The zero-order valence-electron chi connectivity index (χ0n) is 9.86. The number of rotatable bonds is 0. The molecular formula is C15H13NO. The number of nitrogens with zero attached hydrogens (tertiary/aromatic N) is 1. The number of hydrogen-bond acceptors (Lipinski definition) is 2. The molecule has 0 radical (unpaired) electrons. The van der Waals surface area contributed by atoms with Crippen LogP contribution in [-0.2, 0) is 0 Å². The molecule has 1 N–H and O–H groups in total. The van der Waals surface area contributed by atoms with Crippen molar-refractivity contribution in [2.45, 2.75) is 13.8 Å². The van der Waals surface area contributed by atoms with Crippen LogP contribution < -0.4 is 0 Å². The lowest BCUT2D eigenvalue weighted by atomic mass is 10.0. The Hall–Kier alpha value is -2.09. The van der Waals surface area contributed by atoms with Gasteiger partial charge in [0.05, 0.1) is 0 Å². The molecule has 17 heavy (non-hydrogen) atoms. The van der Waals surface area contributed by atoms with Gasteiger partial charge >= 0.3 is 0 Å². The minimum atomic E-state index is 0.683. The summed E-state index contributed by atoms with van der Waals surface area (Å²) in [6.45, 7) is 4.09. The van der Waals surface area contributed by atoms with Gasteiger partial charge in [0, 0.05) is 11.1 Å². The molecule has 1 aliphatic rings. The van der Waals surface area contributed by atoms with Crippen molar-refractivity contribution in [1.29, 1.82) is 0 Å². The van der Waals surface area contributed by atoms with Crippen LogP contribution in [0.1, 0.15) is 22.3 Å². The quantitative estimate of drug-likeness (QED) is 0.459. The second-order valence-electron chi connectivity index (χ2n) is 4.55. The van der Waals surface area contributed by atoms with Crippen LogP contribution in [0.3, 0.4) is 0 Å². The van der Waals surface area contributed by atoms with Gasteiger partial charge < -0.3 is 5.21 Å². The minimum absolute atomic E-state index is 0.683. The standard InChI is InChI=1S/C15H13NO/c1-9-3-5-11-12-6-4-10(2)8-14(12)15(16-17)13(11)7-9/h3-8,17H,1-2H3. The van der Waals surface area contributed by atoms with Crippen molar-refractivity contribution in [3.05, 3.63) is 58.7 Å². The van der Waals surface area contributed by atoms with E-state index < -0.39 is 0 Å². The molecule has 2 heteroatoms. The lowest BCUT2D eigenvalue weighted by molar-refractivity contribution is 0.320. The predicted molar refractivity (Wildman–Crippen MR) is 68.8 cm³/mol. The van der Waals surface area contributed by atoms with Gasteiger partial charge in [-0.2, -0.15) is 0 Å². The molecule has 0 spiro atoms. The lowest BCUT2D eigenvalue weighted by Gasteiger charge is -2.00. The molecule has 1 aliphatic carbocycles. The molecule has 0 heterocycles. The molecule has 0 saturated carbocycles. The highest BCUT2D eigenvalue weighted by atomic mass is 16.4.